The van der Waals surface area contributed by atoms with Crippen molar-refractivity contribution in [1.29, 1.82) is 0 Å². The molecule has 4 heteroatoms. The minimum absolute atomic E-state index is 0.0791. The maximum absolute atomic E-state index is 13.1. The molecule has 1 aliphatic heterocycles. The lowest BCUT2D eigenvalue weighted by Gasteiger charge is -2.36. The minimum Gasteiger partial charge on any atom is -0.342 e. The quantitative estimate of drug-likeness (QED) is 0.744. The second-order valence-corrected chi connectivity index (χ2v) is 7.71. The number of piperazine rings is 1. The van der Waals surface area contributed by atoms with Crippen LogP contribution in [0.4, 0.5) is 0 Å². The highest BCUT2D eigenvalue weighted by Crippen LogP contribution is 2.21. The van der Waals surface area contributed by atoms with E-state index in [4.69, 9.17) is 0 Å². The molecule has 1 saturated heterocycles. The van der Waals surface area contributed by atoms with Gasteiger partial charge in [-0.15, -0.1) is 0 Å². The molecule has 4 nitrogen and oxygen atoms in total. The maximum atomic E-state index is 13.1. The zero-order chi connectivity index (χ0) is 19.1. The summed E-state index contributed by atoms with van der Waals surface area (Å²) in [4.78, 5) is 17.6. The number of aromatic nitrogens is 1. The fraction of sp³-hybridized carbons (Fsp3) is 0.435. The number of carbonyl (C=O) groups is 1. The molecule has 3 rings (SSSR count). The number of benzene rings is 1. The summed E-state index contributed by atoms with van der Waals surface area (Å²) in [6.07, 6.45) is 9.29. The lowest BCUT2D eigenvalue weighted by Crippen LogP contribution is -2.50. The van der Waals surface area contributed by atoms with Crippen molar-refractivity contribution < 1.29 is 4.79 Å². The Morgan fingerprint density at radius 3 is 2.30 bits per heavy atom. The number of rotatable bonds is 7. The third-order valence-electron chi connectivity index (χ3n) is 5.12. The van der Waals surface area contributed by atoms with Crippen molar-refractivity contribution in [1.82, 2.24) is 14.4 Å². The lowest BCUT2D eigenvalue weighted by molar-refractivity contribution is -0.137. The van der Waals surface area contributed by atoms with Gasteiger partial charge in [-0.05, 0) is 30.0 Å². The Balaban J connectivity index is 1.51. The van der Waals surface area contributed by atoms with Gasteiger partial charge in [-0.1, -0.05) is 56.3 Å². The Hall–Kier alpha value is -2.33. The van der Waals surface area contributed by atoms with Gasteiger partial charge in [-0.3, -0.25) is 9.69 Å². The summed E-state index contributed by atoms with van der Waals surface area (Å²) in [6, 6.07) is 14.3. The van der Waals surface area contributed by atoms with Crippen LogP contribution in [0.3, 0.4) is 0 Å². The minimum atomic E-state index is -0.0791. The molecule has 1 aliphatic rings. The summed E-state index contributed by atoms with van der Waals surface area (Å²) < 4.78 is 2.07. The van der Waals surface area contributed by atoms with Gasteiger partial charge < -0.3 is 9.47 Å². The highest BCUT2D eigenvalue weighted by molar-refractivity contribution is 5.80. The maximum Gasteiger partial charge on any atom is 0.245 e. The highest BCUT2D eigenvalue weighted by atomic mass is 16.2. The van der Waals surface area contributed by atoms with Crippen molar-refractivity contribution in [3.8, 4) is 0 Å². The molecule has 1 aromatic heterocycles. The Morgan fingerprint density at radius 1 is 1.00 bits per heavy atom. The van der Waals surface area contributed by atoms with E-state index in [-0.39, 0.29) is 11.9 Å². The van der Waals surface area contributed by atoms with Crippen LogP contribution < -0.4 is 0 Å². The topological polar surface area (TPSA) is 28.5 Å². The molecule has 0 radical (unpaired) electrons. The van der Waals surface area contributed by atoms with Crippen molar-refractivity contribution in [2.45, 2.75) is 26.3 Å². The van der Waals surface area contributed by atoms with Gasteiger partial charge in [0.1, 0.15) is 6.04 Å². The predicted octanol–water partition coefficient (Wildman–Crippen LogP) is 3.93. The summed E-state index contributed by atoms with van der Waals surface area (Å²) in [5.74, 6) is 0.755. The fourth-order valence-corrected chi connectivity index (χ4v) is 3.62. The Kier molecular flexibility index (Phi) is 6.88. The van der Waals surface area contributed by atoms with E-state index >= 15 is 0 Å². The van der Waals surface area contributed by atoms with Crippen molar-refractivity contribution >= 4 is 12.0 Å². The van der Waals surface area contributed by atoms with Crippen LogP contribution in [-0.2, 0) is 4.79 Å². The van der Waals surface area contributed by atoms with Crippen LogP contribution in [0.25, 0.3) is 6.08 Å². The second-order valence-electron chi connectivity index (χ2n) is 7.71. The summed E-state index contributed by atoms with van der Waals surface area (Å²) >= 11 is 0. The van der Waals surface area contributed by atoms with Gasteiger partial charge >= 0.3 is 0 Å². The Labute approximate surface area is 163 Å². The van der Waals surface area contributed by atoms with Crippen molar-refractivity contribution in [3.63, 3.8) is 0 Å². The van der Waals surface area contributed by atoms with Gasteiger partial charge in [-0.2, -0.15) is 0 Å². The molecule has 1 fully saturated rings. The first-order valence-electron chi connectivity index (χ1n) is 9.98. The van der Waals surface area contributed by atoms with Crippen LogP contribution in [-0.4, -0.2) is 53.0 Å². The second kappa shape index (κ2) is 9.56. The monoisotopic (exact) mass is 365 g/mol. The smallest absolute Gasteiger partial charge is 0.245 e. The SMILES string of the molecule is CC(C)C[C@@H](C(=O)N1CCN(CC=Cc2ccccc2)CC1)n1cccc1. The summed E-state index contributed by atoms with van der Waals surface area (Å²) in [5.41, 5.74) is 1.23. The van der Waals surface area contributed by atoms with Crippen molar-refractivity contribution in [2.24, 2.45) is 5.92 Å². The fourth-order valence-electron chi connectivity index (χ4n) is 3.62. The Bertz CT molecular complexity index is 713. The average Bonchev–Trinajstić information content (AvgIpc) is 3.21. The van der Waals surface area contributed by atoms with Gasteiger partial charge in [0.15, 0.2) is 0 Å². The highest BCUT2D eigenvalue weighted by Gasteiger charge is 2.28. The average molecular weight is 366 g/mol. The zero-order valence-electron chi connectivity index (χ0n) is 16.5. The van der Waals surface area contributed by atoms with Gasteiger partial charge in [0.25, 0.3) is 0 Å². The van der Waals surface area contributed by atoms with E-state index in [0.29, 0.717) is 5.92 Å². The van der Waals surface area contributed by atoms with Crippen LogP contribution in [0.2, 0.25) is 0 Å². The van der Waals surface area contributed by atoms with Gasteiger partial charge in [-0.25, -0.2) is 0 Å². The van der Waals surface area contributed by atoms with E-state index in [9.17, 15) is 4.79 Å². The summed E-state index contributed by atoms with van der Waals surface area (Å²) in [5, 5.41) is 0. The standard InChI is InChI=1S/C23H31N3O/c1-20(2)19-22(25-13-6-7-14-25)23(27)26-17-15-24(16-18-26)12-8-11-21-9-4-3-5-10-21/h3-11,13-14,20,22H,12,15-19H2,1-2H3/t22-/m0/s1. The molecular weight excluding hydrogens is 334 g/mol. The number of carbonyl (C=O) groups excluding carboxylic acids is 1. The van der Waals surface area contributed by atoms with Crippen LogP contribution in [0.15, 0.2) is 60.9 Å². The summed E-state index contributed by atoms with van der Waals surface area (Å²) in [6.45, 7) is 8.79. The molecule has 144 valence electrons. The molecule has 0 saturated carbocycles. The van der Waals surface area contributed by atoms with E-state index < -0.39 is 0 Å². The number of nitrogens with zero attached hydrogens (tertiary/aromatic N) is 3. The predicted molar refractivity (Wildman–Crippen MR) is 111 cm³/mol. The van der Waals surface area contributed by atoms with Crippen LogP contribution >= 0.6 is 0 Å². The van der Waals surface area contributed by atoms with Crippen molar-refractivity contribution in [3.05, 3.63) is 66.5 Å². The number of hydrogen-bond acceptors (Lipinski definition) is 2. The van der Waals surface area contributed by atoms with Gasteiger partial charge in [0.2, 0.25) is 5.91 Å². The van der Waals surface area contributed by atoms with Gasteiger partial charge in [0, 0.05) is 45.1 Å². The molecule has 1 aromatic carbocycles. The first-order chi connectivity index (χ1) is 13.1. The molecule has 1 atom stereocenters. The molecule has 1 amide bonds. The van der Waals surface area contributed by atoms with E-state index in [0.717, 1.165) is 39.1 Å². The molecule has 0 aliphatic carbocycles. The van der Waals surface area contributed by atoms with E-state index in [2.05, 4.69) is 59.7 Å². The number of amides is 1. The van der Waals surface area contributed by atoms with E-state index in [1.807, 2.05) is 35.5 Å². The molecular formula is C23H31N3O. The molecule has 0 bridgehead atoms. The van der Waals surface area contributed by atoms with E-state index in [1.54, 1.807) is 0 Å². The molecule has 27 heavy (non-hydrogen) atoms. The van der Waals surface area contributed by atoms with Gasteiger partial charge in [0.05, 0.1) is 0 Å². The van der Waals surface area contributed by atoms with Crippen LogP contribution in [0, 0.1) is 5.92 Å². The first kappa shape index (κ1) is 19.4. The normalized spacial score (nSPS) is 16.9. The molecule has 2 aromatic rings. The molecule has 0 spiro atoms. The molecule has 0 unspecified atom stereocenters. The number of hydrogen-bond donors (Lipinski definition) is 0. The Morgan fingerprint density at radius 2 is 1.67 bits per heavy atom. The van der Waals surface area contributed by atoms with Crippen LogP contribution in [0.1, 0.15) is 31.9 Å². The molecule has 2 heterocycles. The van der Waals surface area contributed by atoms with Crippen LogP contribution in [0.5, 0.6) is 0 Å². The third-order valence-corrected chi connectivity index (χ3v) is 5.12. The lowest BCUT2D eigenvalue weighted by atomic mass is 10.0. The first-order valence-corrected chi connectivity index (χ1v) is 9.98. The third kappa shape index (κ3) is 5.57. The van der Waals surface area contributed by atoms with E-state index in [1.165, 1.54) is 5.56 Å². The van der Waals surface area contributed by atoms with Crippen molar-refractivity contribution in [2.75, 3.05) is 32.7 Å². The zero-order valence-corrected chi connectivity index (χ0v) is 16.5. The largest absolute Gasteiger partial charge is 0.342 e. The summed E-state index contributed by atoms with van der Waals surface area (Å²) in [7, 11) is 0. The molecule has 0 N–H and O–H groups in total.